The van der Waals surface area contributed by atoms with E-state index in [-0.39, 0.29) is 18.4 Å². The molecule has 1 aliphatic rings. The summed E-state index contributed by atoms with van der Waals surface area (Å²) in [4.78, 5) is 17.0. The van der Waals surface area contributed by atoms with Gasteiger partial charge in [0.05, 0.1) is 5.92 Å². The molecule has 1 amide bonds. The minimum atomic E-state index is -3.53. The Morgan fingerprint density at radius 1 is 1.27 bits per heavy atom. The van der Waals surface area contributed by atoms with E-state index in [1.165, 1.54) is 15.6 Å². The first kappa shape index (κ1) is 20.8. The molecule has 1 fully saturated rings. The van der Waals surface area contributed by atoms with Crippen molar-refractivity contribution in [3.05, 3.63) is 65.6 Å². The molecule has 0 bridgehead atoms. The average molecular weight is 445 g/mol. The fourth-order valence-corrected chi connectivity index (χ4v) is 6.29. The lowest BCUT2D eigenvalue weighted by Gasteiger charge is -2.30. The molecule has 7 nitrogen and oxygen atoms in total. The van der Waals surface area contributed by atoms with Gasteiger partial charge in [0.1, 0.15) is 10.0 Å². The smallest absolute Gasteiger partial charge is 0.252 e. The van der Waals surface area contributed by atoms with Gasteiger partial charge >= 0.3 is 0 Å². The number of carbonyl (C=O) groups excluding carboxylic acids is 1. The first-order valence-electron chi connectivity index (χ1n) is 9.85. The van der Waals surface area contributed by atoms with E-state index in [1.807, 2.05) is 37.4 Å². The Hall–Kier alpha value is -2.49. The number of nitrogens with zero attached hydrogens (tertiary/aromatic N) is 3. The zero-order valence-corrected chi connectivity index (χ0v) is 18.3. The zero-order chi connectivity index (χ0) is 21.1. The molecule has 4 rings (SSSR count). The summed E-state index contributed by atoms with van der Waals surface area (Å²) in [5, 5.41) is 4.69. The Bertz CT molecular complexity index is 1110. The van der Waals surface area contributed by atoms with Crippen molar-refractivity contribution in [2.24, 2.45) is 5.92 Å². The van der Waals surface area contributed by atoms with E-state index in [4.69, 9.17) is 0 Å². The van der Waals surface area contributed by atoms with Gasteiger partial charge in [-0.05, 0) is 48.9 Å². The molecule has 0 aliphatic carbocycles. The normalized spacial score (nSPS) is 17.7. The molecule has 0 radical (unpaired) electrons. The van der Waals surface area contributed by atoms with Crippen LogP contribution in [0.15, 0.2) is 58.4 Å². The van der Waals surface area contributed by atoms with E-state index < -0.39 is 10.0 Å². The SMILES string of the molecule is Cc1nccn1Cc1ccc(NC(=O)C2CCCN(S(=O)(=O)c3cccs3)C2)cc1. The average Bonchev–Trinajstić information content (AvgIpc) is 3.42. The molecule has 30 heavy (non-hydrogen) atoms. The van der Waals surface area contributed by atoms with Gasteiger partial charge in [0.15, 0.2) is 0 Å². The lowest BCUT2D eigenvalue weighted by molar-refractivity contribution is -0.120. The van der Waals surface area contributed by atoms with Crippen molar-refractivity contribution in [1.82, 2.24) is 13.9 Å². The van der Waals surface area contributed by atoms with Gasteiger partial charge in [-0.15, -0.1) is 11.3 Å². The number of hydrogen-bond donors (Lipinski definition) is 1. The summed E-state index contributed by atoms with van der Waals surface area (Å²) in [5.41, 5.74) is 1.82. The van der Waals surface area contributed by atoms with Crippen LogP contribution < -0.4 is 5.32 Å². The van der Waals surface area contributed by atoms with Crippen molar-refractivity contribution < 1.29 is 13.2 Å². The van der Waals surface area contributed by atoms with Crippen LogP contribution in [0.1, 0.15) is 24.2 Å². The molecule has 1 N–H and O–H groups in total. The van der Waals surface area contributed by atoms with Crippen LogP contribution in [0.3, 0.4) is 0 Å². The Labute approximate surface area is 180 Å². The molecule has 1 unspecified atom stereocenters. The lowest BCUT2D eigenvalue weighted by Crippen LogP contribution is -2.43. The number of hydrogen-bond acceptors (Lipinski definition) is 5. The highest BCUT2D eigenvalue weighted by molar-refractivity contribution is 7.91. The van der Waals surface area contributed by atoms with E-state index in [1.54, 1.807) is 23.7 Å². The predicted octanol–water partition coefficient (Wildman–Crippen LogP) is 3.34. The maximum Gasteiger partial charge on any atom is 0.252 e. The maximum absolute atomic E-state index is 12.8. The molecule has 3 aromatic rings. The number of carbonyl (C=O) groups is 1. The molecule has 1 aromatic carbocycles. The van der Waals surface area contributed by atoms with Crippen molar-refractivity contribution in [1.29, 1.82) is 0 Å². The topological polar surface area (TPSA) is 84.3 Å². The highest BCUT2D eigenvalue weighted by Crippen LogP contribution is 2.27. The third-order valence-electron chi connectivity index (χ3n) is 5.34. The van der Waals surface area contributed by atoms with Gasteiger partial charge in [-0.3, -0.25) is 4.79 Å². The summed E-state index contributed by atoms with van der Waals surface area (Å²) in [6.45, 7) is 3.34. The van der Waals surface area contributed by atoms with Crippen LogP contribution in [0.5, 0.6) is 0 Å². The highest BCUT2D eigenvalue weighted by atomic mass is 32.2. The minimum Gasteiger partial charge on any atom is -0.331 e. The second-order valence-electron chi connectivity index (χ2n) is 7.42. The molecule has 9 heteroatoms. The van der Waals surface area contributed by atoms with Crippen LogP contribution in [0, 0.1) is 12.8 Å². The Morgan fingerprint density at radius 2 is 2.07 bits per heavy atom. The van der Waals surface area contributed by atoms with E-state index in [0.29, 0.717) is 29.3 Å². The minimum absolute atomic E-state index is 0.140. The fourth-order valence-electron chi connectivity index (χ4n) is 3.62. The molecular formula is C21H24N4O3S2. The highest BCUT2D eigenvalue weighted by Gasteiger charge is 2.33. The summed E-state index contributed by atoms with van der Waals surface area (Å²) in [6, 6.07) is 11.0. The predicted molar refractivity (Wildman–Crippen MR) is 117 cm³/mol. The standard InChI is InChI=1S/C21H24N4O3S2/c1-16-22-10-12-24(16)14-17-6-8-19(9-7-17)23-21(26)18-4-2-11-25(15-18)30(27,28)20-5-3-13-29-20/h3,5-10,12-13,18H,2,4,11,14-15H2,1H3,(H,23,26). The van der Waals surface area contributed by atoms with Gasteiger partial charge in [-0.25, -0.2) is 13.4 Å². The summed E-state index contributed by atoms with van der Waals surface area (Å²) in [7, 11) is -3.53. The molecule has 1 saturated heterocycles. The molecule has 0 spiro atoms. The number of benzene rings is 1. The number of nitrogens with one attached hydrogen (secondary N) is 1. The zero-order valence-electron chi connectivity index (χ0n) is 16.7. The van der Waals surface area contributed by atoms with Crippen molar-refractivity contribution in [2.75, 3.05) is 18.4 Å². The molecule has 1 atom stereocenters. The van der Waals surface area contributed by atoms with E-state index in [9.17, 15) is 13.2 Å². The number of sulfonamides is 1. The van der Waals surface area contributed by atoms with Crippen molar-refractivity contribution in [2.45, 2.75) is 30.5 Å². The van der Waals surface area contributed by atoms with Crippen LogP contribution in [-0.2, 0) is 21.4 Å². The van der Waals surface area contributed by atoms with E-state index in [2.05, 4.69) is 14.9 Å². The van der Waals surface area contributed by atoms with Crippen molar-refractivity contribution >= 4 is 33.0 Å². The van der Waals surface area contributed by atoms with Crippen molar-refractivity contribution in [3.63, 3.8) is 0 Å². The van der Waals surface area contributed by atoms with Gasteiger partial charge in [-0.2, -0.15) is 4.31 Å². The van der Waals surface area contributed by atoms with Crippen molar-refractivity contribution in [3.8, 4) is 0 Å². The fraction of sp³-hybridized carbons (Fsp3) is 0.333. The number of aromatic nitrogens is 2. The maximum atomic E-state index is 12.8. The van der Waals surface area contributed by atoms with Crippen LogP contribution >= 0.6 is 11.3 Å². The number of aryl methyl sites for hydroxylation is 1. The quantitative estimate of drug-likeness (QED) is 0.632. The number of rotatable bonds is 6. The Morgan fingerprint density at radius 3 is 2.73 bits per heavy atom. The number of amides is 1. The third-order valence-corrected chi connectivity index (χ3v) is 8.58. The molecular weight excluding hydrogens is 420 g/mol. The second kappa shape index (κ2) is 8.71. The second-order valence-corrected chi connectivity index (χ2v) is 10.5. The monoisotopic (exact) mass is 444 g/mol. The summed E-state index contributed by atoms with van der Waals surface area (Å²) in [5.74, 6) is 0.452. The van der Waals surface area contributed by atoms with E-state index >= 15 is 0 Å². The molecule has 3 heterocycles. The third kappa shape index (κ3) is 4.48. The number of anilines is 1. The molecule has 2 aromatic heterocycles. The number of thiophene rings is 1. The van der Waals surface area contributed by atoms with Gasteiger partial charge in [0.2, 0.25) is 5.91 Å². The number of imidazole rings is 1. The summed E-state index contributed by atoms with van der Waals surface area (Å²) >= 11 is 1.20. The summed E-state index contributed by atoms with van der Waals surface area (Å²) < 4.78 is 29.3. The van der Waals surface area contributed by atoms with E-state index in [0.717, 1.165) is 17.9 Å². The lowest BCUT2D eigenvalue weighted by atomic mass is 9.98. The Balaban J connectivity index is 1.38. The van der Waals surface area contributed by atoms with Crippen LogP contribution in [-0.4, -0.2) is 41.3 Å². The largest absolute Gasteiger partial charge is 0.331 e. The summed E-state index contributed by atoms with van der Waals surface area (Å²) in [6.07, 6.45) is 5.06. The van der Waals surface area contributed by atoms with Gasteiger partial charge in [0.25, 0.3) is 10.0 Å². The molecule has 1 aliphatic heterocycles. The van der Waals surface area contributed by atoms with Crippen LogP contribution in [0.2, 0.25) is 0 Å². The van der Waals surface area contributed by atoms with Gasteiger partial charge < -0.3 is 9.88 Å². The Kier molecular flexibility index (Phi) is 6.03. The first-order valence-corrected chi connectivity index (χ1v) is 12.2. The molecule has 0 saturated carbocycles. The first-order chi connectivity index (χ1) is 14.4. The van der Waals surface area contributed by atoms with Gasteiger partial charge in [0, 0.05) is 37.7 Å². The molecule has 158 valence electrons. The van der Waals surface area contributed by atoms with Gasteiger partial charge in [-0.1, -0.05) is 18.2 Å². The number of piperidine rings is 1. The van der Waals surface area contributed by atoms with Crippen LogP contribution in [0.25, 0.3) is 0 Å². The van der Waals surface area contributed by atoms with Crippen LogP contribution in [0.4, 0.5) is 5.69 Å².